The zero-order valence-corrected chi connectivity index (χ0v) is 18.5. The Hall–Kier alpha value is -2.54. The van der Waals surface area contributed by atoms with Crippen molar-refractivity contribution in [1.29, 1.82) is 0 Å². The highest BCUT2D eigenvalue weighted by atomic mass is 79.9. The van der Waals surface area contributed by atoms with Crippen molar-refractivity contribution in [2.45, 2.75) is 39.3 Å². The molecule has 0 saturated carbocycles. The van der Waals surface area contributed by atoms with Gasteiger partial charge < -0.3 is 19.5 Å². The normalized spacial score (nSPS) is 11.4. The van der Waals surface area contributed by atoms with Crippen LogP contribution in [0.2, 0.25) is 0 Å². The predicted octanol–water partition coefficient (Wildman–Crippen LogP) is 4.94. The van der Waals surface area contributed by atoms with E-state index in [1.807, 2.05) is 18.2 Å². The van der Waals surface area contributed by atoms with Gasteiger partial charge in [-0.05, 0) is 42.7 Å². The minimum atomic E-state index is -0.610. The van der Waals surface area contributed by atoms with Crippen LogP contribution >= 0.6 is 15.9 Å². The van der Waals surface area contributed by atoms with Gasteiger partial charge in [-0.15, -0.1) is 0 Å². The van der Waals surface area contributed by atoms with Gasteiger partial charge in [-0.25, -0.2) is 4.79 Å². The van der Waals surface area contributed by atoms with Gasteiger partial charge in [0.1, 0.15) is 12.4 Å². The number of carbonyl (C=O) groups is 2. The van der Waals surface area contributed by atoms with Crippen LogP contribution in [-0.2, 0) is 27.3 Å². The van der Waals surface area contributed by atoms with Crippen molar-refractivity contribution in [2.24, 2.45) is 0 Å². The summed E-state index contributed by atoms with van der Waals surface area (Å²) >= 11 is 3.50. The van der Waals surface area contributed by atoms with E-state index in [1.54, 1.807) is 38.3 Å². The summed E-state index contributed by atoms with van der Waals surface area (Å²) in [6.07, 6.45) is 0.323. The van der Waals surface area contributed by atoms with E-state index in [4.69, 9.17) is 14.2 Å². The number of methoxy groups -OCH3 is 1. The van der Waals surface area contributed by atoms with E-state index in [-0.39, 0.29) is 19.6 Å². The fraction of sp³-hybridized carbons (Fsp3) is 0.364. The SMILES string of the molecule is CCOC(=O)C[C@@H](NC(=O)OCc1ccc(CC)cc1Br)c1ccc(OC)cc1. The quantitative estimate of drug-likeness (QED) is 0.533. The lowest BCUT2D eigenvalue weighted by Crippen LogP contribution is -2.31. The summed E-state index contributed by atoms with van der Waals surface area (Å²) in [4.78, 5) is 24.3. The maximum atomic E-state index is 12.4. The third kappa shape index (κ3) is 7.09. The maximum Gasteiger partial charge on any atom is 0.407 e. The number of hydrogen-bond donors (Lipinski definition) is 1. The van der Waals surface area contributed by atoms with Crippen molar-refractivity contribution in [2.75, 3.05) is 13.7 Å². The molecule has 1 atom stereocenters. The molecule has 2 rings (SSSR count). The maximum absolute atomic E-state index is 12.4. The fourth-order valence-corrected chi connectivity index (χ4v) is 3.27. The first kappa shape index (κ1) is 22.7. The van der Waals surface area contributed by atoms with E-state index < -0.39 is 18.1 Å². The molecule has 0 aliphatic carbocycles. The molecule has 7 heteroatoms. The Kier molecular flexibility index (Phi) is 8.99. The number of alkyl carbamates (subject to hydrolysis) is 1. The van der Waals surface area contributed by atoms with E-state index in [0.29, 0.717) is 5.75 Å². The van der Waals surface area contributed by atoms with E-state index in [1.165, 1.54) is 5.56 Å². The minimum Gasteiger partial charge on any atom is -0.497 e. The second kappa shape index (κ2) is 11.5. The Morgan fingerprint density at radius 2 is 1.79 bits per heavy atom. The van der Waals surface area contributed by atoms with Crippen LogP contribution < -0.4 is 10.1 Å². The van der Waals surface area contributed by atoms with Gasteiger partial charge in [0.2, 0.25) is 0 Å². The molecular weight excluding hydrogens is 438 g/mol. The van der Waals surface area contributed by atoms with Crippen LogP contribution in [0.5, 0.6) is 5.75 Å². The van der Waals surface area contributed by atoms with Gasteiger partial charge in [-0.1, -0.05) is 47.1 Å². The molecule has 0 heterocycles. The molecule has 0 unspecified atom stereocenters. The van der Waals surface area contributed by atoms with Crippen LogP contribution in [0.4, 0.5) is 4.79 Å². The number of halogens is 1. The molecule has 0 bridgehead atoms. The summed E-state index contributed by atoms with van der Waals surface area (Å²) in [7, 11) is 1.58. The van der Waals surface area contributed by atoms with Crippen molar-refractivity contribution in [3.63, 3.8) is 0 Å². The summed E-state index contributed by atoms with van der Waals surface area (Å²) in [6, 6.07) is 12.5. The number of carbonyl (C=O) groups excluding carboxylic acids is 2. The van der Waals surface area contributed by atoms with Crippen molar-refractivity contribution >= 4 is 28.0 Å². The molecule has 0 aliphatic heterocycles. The molecule has 1 amide bonds. The van der Waals surface area contributed by atoms with Gasteiger partial charge in [0.25, 0.3) is 0 Å². The van der Waals surface area contributed by atoms with Gasteiger partial charge in [-0.2, -0.15) is 0 Å². The summed E-state index contributed by atoms with van der Waals surface area (Å²) < 4.78 is 16.4. The van der Waals surface area contributed by atoms with Gasteiger partial charge in [-0.3, -0.25) is 4.79 Å². The Balaban J connectivity index is 2.04. The van der Waals surface area contributed by atoms with Gasteiger partial charge in [0.05, 0.1) is 26.2 Å². The zero-order valence-electron chi connectivity index (χ0n) is 16.9. The van der Waals surface area contributed by atoms with Crippen LogP contribution in [0.15, 0.2) is 46.9 Å². The van der Waals surface area contributed by atoms with Crippen LogP contribution in [0.3, 0.4) is 0 Å². The molecule has 0 radical (unpaired) electrons. The minimum absolute atomic E-state index is 0.00413. The number of nitrogens with one attached hydrogen (secondary N) is 1. The Labute approximate surface area is 179 Å². The zero-order chi connectivity index (χ0) is 21.2. The van der Waals surface area contributed by atoms with Crippen LogP contribution in [-0.4, -0.2) is 25.8 Å². The molecule has 0 saturated heterocycles. The van der Waals surface area contributed by atoms with Crippen LogP contribution in [0.25, 0.3) is 0 Å². The summed E-state index contributed by atoms with van der Waals surface area (Å²) in [6.45, 7) is 4.21. The van der Waals surface area contributed by atoms with Crippen LogP contribution in [0, 0.1) is 0 Å². The summed E-state index contributed by atoms with van der Waals surface area (Å²) in [5.74, 6) is 0.290. The van der Waals surface area contributed by atoms with Crippen LogP contribution in [0.1, 0.15) is 43.0 Å². The van der Waals surface area contributed by atoms with E-state index in [0.717, 1.165) is 22.0 Å². The third-order valence-corrected chi connectivity index (χ3v) is 5.11. The van der Waals surface area contributed by atoms with E-state index in [2.05, 4.69) is 28.2 Å². The van der Waals surface area contributed by atoms with Gasteiger partial charge in [0.15, 0.2) is 0 Å². The molecule has 0 spiro atoms. The molecular formula is C22H26BrNO5. The highest BCUT2D eigenvalue weighted by Crippen LogP contribution is 2.22. The Bertz CT molecular complexity index is 822. The predicted molar refractivity (Wildman–Crippen MR) is 114 cm³/mol. The molecule has 1 N–H and O–H groups in total. The monoisotopic (exact) mass is 463 g/mol. The number of aryl methyl sites for hydroxylation is 1. The highest BCUT2D eigenvalue weighted by Gasteiger charge is 2.20. The Morgan fingerprint density at radius 3 is 2.38 bits per heavy atom. The van der Waals surface area contributed by atoms with Gasteiger partial charge in [0, 0.05) is 10.0 Å². The Morgan fingerprint density at radius 1 is 1.07 bits per heavy atom. The average Bonchev–Trinajstić information content (AvgIpc) is 2.72. The molecule has 0 aliphatic rings. The van der Waals surface area contributed by atoms with Crippen molar-refractivity contribution in [1.82, 2.24) is 5.32 Å². The number of hydrogen-bond acceptors (Lipinski definition) is 5. The lowest BCUT2D eigenvalue weighted by molar-refractivity contribution is -0.143. The fourth-order valence-electron chi connectivity index (χ4n) is 2.73. The van der Waals surface area contributed by atoms with Crippen molar-refractivity contribution in [3.8, 4) is 5.75 Å². The molecule has 2 aromatic rings. The molecule has 6 nitrogen and oxygen atoms in total. The first-order valence-electron chi connectivity index (χ1n) is 9.47. The largest absolute Gasteiger partial charge is 0.497 e. The first-order chi connectivity index (χ1) is 14.0. The highest BCUT2D eigenvalue weighted by molar-refractivity contribution is 9.10. The molecule has 0 fully saturated rings. The smallest absolute Gasteiger partial charge is 0.407 e. The molecule has 29 heavy (non-hydrogen) atoms. The van der Waals surface area contributed by atoms with E-state index >= 15 is 0 Å². The lowest BCUT2D eigenvalue weighted by atomic mass is 10.0. The van der Waals surface area contributed by atoms with Gasteiger partial charge >= 0.3 is 12.1 Å². The number of ether oxygens (including phenoxy) is 3. The summed E-state index contributed by atoms with van der Waals surface area (Å²) in [5.41, 5.74) is 2.81. The standard InChI is InChI=1S/C22H26BrNO5/c1-4-15-6-7-17(19(23)12-15)14-29-22(26)24-20(13-21(25)28-5-2)16-8-10-18(27-3)11-9-16/h6-12,20H,4-5,13-14H2,1-3H3,(H,24,26)/t20-/m1/s1. The van der Waals surface area contributed by atoms with E-state index in [9.17, 15) is 9.59 Å². The second-order valence-electron chi connectivity index (χ2n) is 6.33. The number of benzene rings is 2. The van der Waals surface area contributed by atoms with Crippen molar-refractivity contribution < 1.29 is 23.8 Å². The molecule has 2 aromatic carbocycles. The average molecular weight is 464 g/mol. The third-order valence-electron chi connectivity index (χ3n) is 4.37. The molecule has 0 aromatic heterocycles. The first-order valence-corrected chi connectivity index (χ1v) is 10.3. The molecule has 156 valence electrons. The second-order valence-corrected chi connectivity index (χ2v) is 7.19. The number of esters is 1. The number of amides is 1. The summed E-state index contributed by atoms with van der Waals surface area (Å²) in [5, 5.41) is 2.75. The lowest BCUT2D eigenvalue weighted by Gasteiger charge is -2.19. The number of rotatable bonds is 9. The van der Waals surface area contributed by atoms with Crippen molar-refractivity contribution in [3.05, 3.63) is 63.6 Å². The topological polar surface area (TPSA) is 73.9 Å².